The molecule has 1 heterocycles. The van der Waals surface area contributed by atoms with Gasteiger partial charge in [0, 0.05) is 16.6 Å². The van der Waals surface area contributed by atoms with Crippen LogP contribution >= 0.6 is 15.9 Å². The number of rotatable bonds is 5. The summed E-state index contributed by atoms with van der Waals surface area (Å²) >= 11 is 3.46. The van der Waals surface area contributed by atoms with E-state index in [1.807, 2.05) is 42.5 Å². The highest BCUT2D eigenvalue weighted by molar-refractivity contribution is 9.10. The molecule has 0 N–H and O–H groups in total. The maximum atomic E-state index is 5.84. The van der Waals surface area contributed by atoms with E-state index in [-0.39, 0.29) is 6.04 Å². The quantitative estimate of drug-likeness (QED) is 0.652. The minimum absolute atomic E-state index is 0.0450. The molecule has 1 atom stereocenters. The van der Waals surface area contributed by atoms with Gasteiger partial charge < -0.3 is 4.42 Å². The van der Waals surface area contributed by atoms with Crippen molar-refractivity contribution >= 4 is 15.9 Å². The van der Waals surface area contributed by atoms with Crippen LogP contribution in [0.3, 0.4) is 0 Å². The SMILES string of the molecule is C[C@@H](c1nnc(-c2ccccc2)o1)N(C)Cc1ccc(Br)cc1. The third-order valence-electron chi connectivity index (χ3n) is 3.83. The molecule has 118 valence electrons. The first kappa shape index (κ1) is 15.9. The average molecular weight is 372 g/mol. The number of nitrogens with zero attached hydrogens (tertiary/aromatic N) is 3. The van der Waals surface area contributed by atoms with Crippen LogP contribution in [0.25, 0.3) is 11.5 Å². The Morgan fingerprint density at radius 3 is 2.43 bits per heavy atom. The van der Waals surface area contributed by atoms with Crippen molar-refractivity contribution in [3.05, 3.63) is 70.5 Å². The smallest absolute Gasteiger partial charge is 0.247 e. The molecule has 2 aromatic carbocycles. The van der Waals surface area contributed by atoms with E-state index in [9.17, 15) is 0 Å². The highest BCUT2D eigenvalue weighted by Gasteiger charge is 2.19. The minimum Gasteiger partial charge on any atom is -0.419 e. The average Bonchev–Trinajstić information content (AvgIpc) is 3.07. The van der Waals surface area contributed by atoms with E-state index in [4.69, 9.17) is 4.42 Å². The Bertz CT molecular complexity index is 755. The number of hydrogen-bond donors (Lipinski definition) is 0. The van der Waals surface area contributed by atoms with Gasteiger partial charge in [0.05, 0.1) is 6.04 Å². The van der Waals surface area contributed by atoms with E-state index < -0.39 is 0 Å². The molecular weight excluding hydrogens is 354 g/mol. The summed E-state index contributed by atoms with van der Waals surface area (Å²) in [5.41, 5.74) is 2.18. The second-order valence-corrected chi connectivity index (χ2v) is 6.44. The molecule has 0 radical (unpaired) electrons. The molecule has 5 heteroatoms. The highest BCUT2D eigenvalue weighted by Crippen LogP contribution is 2.24. The van der Waals surface area contributed by atoms with Crippen molar-refractivity contribution < 1.29 is 4.42 Å². The Hall–Kier alpha value is -1.98. The van der Waals surface area contributed by atoms with Crippen LogP contribution in [0.4, 0.5) is 0 Å². The van der Waals surface area contributed by atoms with Gasteiger partial charge in [0.15, 0.2) is 0 Å². The first-order chi connectivity index (χ1) is 11.1. The van der Waals surface area contributed by atoms with Gasteiger partial charge in [-0.3, -0.25) is 4.90 Å². The van der Waals surface area contributed by atoms with Crippen molar-refractivity contribution in [1.29, 1.82) is 0 Å². The third-order valence-corrected chi connectivity index (χ3v) is 4.35. The molecule has 3 rings (SSSR count). The molecular formula is C18H18BrN3O. The summed E-state index contributed by atoms with van der Waals surface area (Å²) in [5, 5.41) is 8.36. The summed E-state index contributed by atoms with van der Waals surface area (Å²) < 4.78 is 6.92. The van der Waals surface area contributed by atoms with E-state index in [0.717, 1.165) is 16.6 Å². The van der Waals surface area contributed by atoms with Gasteiger partial charge in [0.1, 0.15) is 0 Å². The van der Waals surface area contributed by atoms with Crippen molar-refractivity contribution in [1.82, 2.24) is 15.1 Å². The summed E-state index contributed by atoms with van der Waals surface area (Å²) in [6, 6.07) is 18.2. The van der Waals surface area contributed by atoms with E-state index in [1.54, 1.807) is 0 Å². The summed E-state index contributed by atoms with van der Waals surface area (Å²) in [5.74, 6) is 1.19. The number of halogens is 1. The fourth-order valence-electron chi connectivity index (χ4n) is 2.30. The summed E-state index contributed by atoms with van der Waals surface area (Å²) in [6.07, 6.45) is 0. The van der Waals surface area contributed by atoms with Gasteiger partial charge in [-0.2, -0.15) is 0 Å². The van der Waals surface area contributed by atoms with Crippen molar-refractivity contribution in [3.8, 4) is 11.5 Å². The first-order valence-electron chi connectivity index (χ1n) is 7.47. The molecule has 3 aromatic rings. The number of benzene rings is 2. The van der Waals surface area contributed by atoms with Crippen molar-refractivity contribution in [2.24, 2.45) is 0 Å². The fraction of sp³-hybridized carbons (Fsp3) is 0.222. The lowest BCUT2D eigenvalue weighted by molar-refractivity contribution is 0.218. The van der Waals surface area contributed by atoms with Crippen LogP contribution in [0.15, 0.2) is 63.5 Å². The predicted octanol–water partition coefficient (Wildman–Crippen LogP) is 4.69. The summed E-state index contributed by atoms with van der Waals surface area (Å²) in [6.45, 7) is 2.89. The monoisotopic (exact) mass is 371 g/mol. The lowest BCUT2D eigenvalue weighted by Gasteiger charge is -2.21. The number of aromatic nitrogens is 2. The molecule has 0 saturated heterocycles. The summed E-state index contributed by atoms with van der Waals surface area (Å²) in [7, 11) is 2.05. The molecule has 23 heavy (non-hydrogen) atoms. The highest BCUT2D eigenvalue weighted by atomic mass is 79.9. The fourth-order valence-corrected chi connectivity index (χ4v) is 2.57. The van der Waals surface area contributed by atoms with Crippen LogP contribution in [0, 0.1) is 0 Å². The second kappa shape index (κ2) is 7.06. The summed E-state index contributed by atoms with van der Waals surface area (Å²) in [4.78, 5) is 2.19. The van der Waals surface area contributed by atoms with Crippen LogP contribution in [0.1, 0.15) is 24.4 Å². The lowest BCUT2D eigenvalue weighted by atomic mass is 10.2. The largest absolute Gasteiger partial charge is 0.419 e. The molecule has 1 aromatic heterocycles. The zero-order chi connectivity index (χ0) is 16.2. The minimum atomic E-state index is 0.0450. The van der Waals surface area contributed by atoms with E-state index in [1.165, 1.54) is 5.56 Å². The molecule has 0 bridgehead atoms. The molecule has 0 unspecified atom stereocenters. The van der Waals surface area contributed by atoms with Crippen LogP contribution < -0.4 is 0 Å². The zero-order valence-electron chi connectivity index (χ0n) is 13.1. The Labute approximate surface area is 144 Å². The molecule has 0 aliphatic heterocycles. The predicted molar refractivity (Wildman–Crippen MR) is 93.8 cm³/mol. The Balaban J connectivity index is 1.71. The van der Waals surface area contributed by atoms with Gasteiger partial charge in [-0.25, -0.2) is 0 Å². The molecule has 0 fully saturated rings. The van der Waals surface area contributed by atoms with Crippen LogP contribution in [-0.4, -0.2) is 22.1 Å². The number of hydrogen-bond acceptors (Lipinski definition) is 4. The molecule has 0 saturated carbocycles. The molecule has 0 amide bonds. The van der Waals surface area contributed by atoms with E-state index in [2.05, 4.69) is 57.1 Å². The second-order valence-electron chi connectivity index (χ2n) is 5.53. The third kappa shape index (κ3) is 3.86. The lowest BCUT2D eigenvalue weighted by Crippen LogP contribution is -2.22. The Morgan fingerprint density at radius 1 is 1.04 bits per heavy atom. The van der Waals surface area contributed by atoms with Gasteiger partial charge in [0.25, 0.3) is 0 Å². The van der Waals surface area contributed by atoms with E-state index >= 15 is 0 Å². The first-order valence-corrected chi connectivity index (χ1v) is 8.26. The molecule has 0 aliphatic rings. The van der Waals surface area contributed by atoms with Gasteiger partial charge in [-0.05, 0) is 43.8 Å². The molecule has 4 nitrogen and oxygen atoms in total. The zero-order valence-corrected chi connectivity index (χ0v) is 14.7. The standard InChI is InChI=1S/C18H18BrN3O/c1-13(22(2)12-14-8-10-16(19)11-9-14)17-20-21-18(23-17)15-6-4-3-5-7-15/h3-11,13H,12H2,1-2H3/t13-/m0/s1. The molecule has 0 spiro atoms. The van der Waals surface area contributed by atoms with E-state index in [0.29, 0.717) is 11.8 Å². The van der Waals surface area contributed by atoms with Crippen LogP contribution in [0.5, 0.6) is 0 Å². The van der Waals surface area contributed by atoms with Gasteiger partial charge in [-0.15, -0.1) is 10.2 Å². The van der Waals surface area contributed by atoms with Gasteiger partial charge >= 0.3 is 0 Å². The normalized spacial score (nSPS) is 12.5. The van der Waals surface area contributed by atoms with Crippen molar-refractivity contribution in [2.45, 2.75) is 19.5 Å². The van der Waals surface area contributed by atoms with Crippen LogP contribution in [-0.2, 0) is 6.54 Å². The topological polar surface area (TPSA) is 42.2 Å². The Kier molecular flexibility index (Phi) is 4.88. The van der Waals surface area contributed by atoms with Crippen LogP contribution in [0.2, 0.25) is 0 Å². The maximum absolute atomic E-state index is 5.84. The van der Waals surface area contributed by atoms with Gasteiger partial charge in [0.2, 0.25) is 11.8 Å². The van der Waals surface area contributed by atoms with Crippen molar-refractivity contribution in [3.63, 3.8) is 0 Å². The van der Waals surface area contributed by atoms with Gasteiger partial charge in [-0.1, -0.05) is 46.3 Å². The molecule has 0 aliphatic carbocycles. The maximum Gasteiger partial charge on any atom is 0.247 e. The van der Waals surface area contributed by atoms with Crippen molar-refractivity contribution in [2.75, 3.05) is 7.05 Å². The Morgan fingerprint density at radius 2 is 1.74 bits per heavy atom.